The highest BCUT2D eigenvalue weighted by Gasteiger charge is 2.10. The van der Waals surface area contributed by atoms with Crippen molar-refractivity contribution in [2.75, 3.05) is 6.61 Å². The molecule has 2 aromatic carbocycles. The molecule has 2 nitrogen and oxygen atoms in total. The van der Waals surface area contributed by atoms with Crippen molar-refractivity contribution in [2.45, 2.75) is 58.3 Å². The van der Waals surface area contributed by atoms with Crippen molar-refractivity contribution in [1.82, 2.24) is 0 Å². The van der Waals surface area contributed by atoms with Crippen LogP contribution in [0, 0.1) is 0 Å². The maximum atomic E-state index is 12.2. The number of esters is 1. The molecule has 0 fully saturated rings. The minimum Gasteiger partial charge on any atom is -0.462 e. The monoisotopic (exact) mass is 312 g/mol. The van der Waals surface area contributed by atoms with Crippen LogP contribution in [0.5, 0.6) is 0 Å². The van der Waals surface area contributed by atoms with Gasteiger partial charge in [-0.3, -0.25) is 0 Å². The third kappa shape index (κ3) is 5.70. The molecule has 2 rings (SSSR count). The number of ether oxygens (including phenoxy) is 1. The number of hydrogen-bond acceptors (Lipinski definition) is 2. The molecular formula is C21H28O2. The van der Waals surface area contributed by atoms with Crippen LogP contribution in [0.2, 0.25) is 0 Å². The molecule has 2 aromatic rings. The van der Waals surface area contributed by atoms with E-state index in [2.05, 4.69) is 6.92 Å². The number of carbonyl (C=O) groups is 1. The number of carbonyl (C=O) groups excluding carboxylic acids is 1. The van der Waals surface area contributed by atoms with Crippen molar-refractivity contribution in [3.05, 3.63) is 48.0 Å². The SMILES string of the molecule is CCCCCCCCCCOC(=O)c1cccc2ccccc12. The first-order chi connectivity index (χ1) is 11.3. The Morgan fingerprint density at radius 3 is 2.26 bits per heavy atom. The van der Waals surface area contributed by atoms with E-state index in [4.69, 9.17) is 4.74 Å². The molecule has 0 aliphatic carbocycles. The van der Waals surface area contributed by atoms with E-state index in [1.54, 1.807) is 0 Å². The Morgan fingerprint density at radius 1 is 0.826 bits per heavy atom. The Hall–Kier alpha value is -1.83. The van der Waals surface area contributed by atoms with Gasteiger partial charge in [0.1, 0.15) is 0 Å². The molecule has 0 saturated heterocycles. The van der Waals surface area contributed by atoms with Gasteiger partial charge in [0, 0.05) is 0 Å². The minimum absolute atomic E-state index is 0.204. The molecular weight excluding hydrogens is 284 g/mol. The van der Waals surface area contributed by atoms with Crippen LogP contribution in [0.15, 0.2) is 42.5 Å². The summed E-state index contributed by atoms with van der Waals surface area (Å²) in [5, 5.41) is 2.05. The first-order valence-electron chi connectivity index (χ1n) is 8.98. The summed E-state index contributed by atoms with van der Waals surface area (Å²) in [7, 11) is 0. The summed E-state index contributed by atoms with van der Waals surface area (Å²) in [6, 6.07) is 13.7. The Bertz CT molecular complexity index is 598. The fraction of sp³-hybridized carbons (Fsp3) is 0.476. The molecule has 0 aliphatic rings. The summed E-state index contributed by atoms with van der Waals surface area (Å²) in [6.07, 6.45) is 10.00. The van der Waals surface area contributed by atoms with Gasteiger partial charge in [0.15, 0.2) is 0 Å². The zero-order chi connectivity index (χ0) is 16.3. The van der Waals surface area contributed by atoms with E-state index in [1.165, 1.54) is 38.5 Å². The maximum Gasteiger partial charge on any atom is 0.338 e. The lowest BCUT2D eigenvalue weighted by Crippen LogP contribution is -2.07. The average Bonchev–Trinajstić information content (AvgIpc) is 2.59. The highest BCUT2D eigenvalue weighted by molar-refractivity contribution is 6.04. The molecule has 23 heavy (non-hydrogen) atoms. The molecule has 0 aromatic heterocycles. The smallest absolute Gasteiger partial charge is 0.338 e. The van der Waals surface area contributed by atoms with Crippen molar-refractivity contribution in [2.24, 2.45) is 0 Å². The Morgan fingerprint density at radius 2 is 1.48 bits per heavy atom. The van der Waals surface area contributed by atoms with Crippen LogP contribution in [0.3, 0.4) is 0 Å². The van der Waals surface area contributed by atoms with E-state index >= 15 is 0 Å². The van der Waals surface area contributed by atoms with Gasteiger partial charge < -0.3 is 4.74 Å². The third-order valence-electron chi connectivity index (χ3n) is 4.24. The Kier molecular flexibility index (Phi) is 7.65. The summed E-state index contributed by atoms with van der Waals surface area (Å²) in [4.78, 5) is 12.2. The van der Waals surface area contributed by atoms with E-state index in [9.17, 15) is 4.79 Å². The van der Waals surface area contributed by atoms with Gasteiger partial charge in [-0.25, -0.2) is 4.79 Å². The van der Waals surface area contributed by atoms with Gasteiger partial charge in [0.25, 0.3) is 0 Å². The standard InChI is InChI=1S/C21H28O2/c1-2-3-4-5-6-7-8-11-17-23-21(22)20-16-12-14-18-13-9-10-15-19(18)20/h9-10,12-16H,2-8,11,17H2,1H3. The molecule has 0 radical (unpaired) electrons. The van der Waals surface area contributed by atoms with E-state index in [1.807, 2.05) is 42.5 Å². The van der Waals surface area contributed by atoms with Crippen LogP contribution in [0.1, 0.15) is 68.6 Å². The van der Waals surface area contributed by atoms with E-state index in [0.29, 0.717) is 12.2 Å². The largest absolute Gasteiger partial charge is 0.462 e. The fourth-order valence-corrected chi connectivity index (χ4v) is 2.88. The van der Waals surface area contributed by atoms with Gasteiger partial charge >= 0.3 is 5.97 Å². The zero-order valence-electron chi connectivity index (χ0n) is 14.2. The normalized spacial score (nSPS) is 10.8. The quantitative estimate of drug-likeness (QED) is 0.389. The van der Waals surface area contributed by atoms with Crippen molar-refractivity contribution in [1.29, 1.82) is 0 Å². The summed E-state index contributed by atoms with van der Waals surface area (Å²) >= 11 is 0. The van der Waals surface area contributed by atoms with E-state index < -0.39 is 0 Å². The lowest BCUT2D eigenvalue weighted by molar-refractivity contribution is 0.0500. The molecule has 2 heteroatoms. The summed E-state index contributed by atoms with van der Waals surface area (Å²) in [6.45, 7) is 2.77. The highest BCUT2D eigenvalue weighted by atomic mass is 16.5. The number of benzene rings is 2. The highest BCUT2D eigenvalue weighted by Crippen LogP contribution is 2.19. The number of rotatable bonds is 10. The maximum absolute atomic E-state index is 12.2. The molecule has 0 N–H and O–H groups in total. The number of hydrogen-bond donors (Lipinski definition) is 0. The number of unbranched alkanes of at least 4 members (excludes halogenated alkanes) is 7. The fourth-order valence-electron chi connectivity index (χ4n) is 2.88. The van der Waals surface area contributed by atoms with Crippen molar-refractivity contribution in [3.63, 3.8) is 0 Å². The lowest BCUT2D eigenvalue weighted by atomic mass is 10.0. The van der Waals surface area contributed by atoms with Crippen LogP contribution >= 0.6 is 0 Å². The molecule has 124 valence electrons. The Balaban J connectivity index is 1.69. The Labute approximate surface area is 139 Å². The predicted molar refractivity (Wildman–Crippen MR) is 96.8 cm³/mol. The molecule has 0 spiro atoms. The molecule has 0 saturated carbocycles. The van der Waals surface area contributed by atoms with Crippen molar-refractivity contribution in [3.8, 4) is 0 Å². The second-order valence-electron chi connectivity index (χ2n) is 6.14. The van der Waals surface area contributed by atoms with Crippen molar-refractivity contribution < 1.29 is 9.53 Å². The summed E-state index contributed by atoms with van der Waals surface area (Å²) in [5.74, 6) is -0.204. The predicted octanol–water partition coefficient (Wildman–Crippen LogP) is 6.14. The molecule has 0 bridgehead atoms. The second kappa shape index (κ2) is 10.0. The van der Waals surface area contributed by atoms with Crippen LogP contribution in [-0.2, 0) is 4.74 Å². The number of fused-ring (bicyclic) bond motifs is 1. The van der Waals surface area contributed by atoms with E-state index in [-0.39, 0.29) is 5.97 Å². The first kappa shape index (κ1) is 17.5. The van der Waals surface area contributed by atoms with Gasteiger partial charge in [0.05, 0.1) is 12.2 Å². The summed E-state index contributed by atoms with van der Waals surface area (Å²) in [5.41, 5.74) is 0.669. The zero-order valence-corrected chi connectivity index (χ0v) is 14.2. The van der Waals surface area contributed by atoms with Crippen LogP contribution in [0.25, 0.3) is 10.8 Å². The van der Waals surface area contributed by atoms with Gasteiger partial charge in [-0.2, -0.15) is 0 Å². The van der Waals surface area contributed by atoms with E-state index in [0.717, 1.165) is 23.6 Å². The van der Waals surface area contributed by atoms with Gasteiger partial charge in [-0.1, -0.05) is 88.3 Å². The molecule has 0 unspecified atom stereocenters. The van der Waals surface area contributed by atoms with Crippen molar-refractivity contribution >= 4 is 16.7 Å². The molecule has 0 heterocycles. The van der Waals surface area contributed by atoms with Gasteiger partial charge in [-0.15, -0.1) is 0 Å². The minimum atomic E-state index is -0.204. The lowest BCUT2D eigenvalue weighted by Gasteiger charge is -2.07. The van der Waals surface area contributed by atoms with Crippen LogP contribution in [0.4, 0.5) is 0 Å². The van der Waals surface area contributed by atoms with Gasteiger partial charge in [-0.05, 0) is 23.3 Å². The third-order valence-corrected chi connectivity index (χ3v) is 4.24. The average molecular weight is 312 g/mol. The topological polar surface area (TPSA) is 26.3 Å². The molecule has 0 atom stereocenters. The first-order valence-corrected chi connectivity index (χ1v) is 8.98. The molecule has 0 aliphatic heterocycles. The van der Waals surface area contributed by atoms with Gasteiger partial charge in [0.2, 0.25) is 0 Å². The van der Waals surface area contributed by atoms with Crippen LogP contribution < -0.4 is 0 Å². The molecule has 0 amide bonds. The summed E-state index contributed by atoms with van der Waals surface area (Å²) < 4.78 is 5.44. The van der Waals surface area contributed by atoms with Crippen LogP contribution in [-0.4, -0.2) is 12.6 Å². The second-order valence-corrected chi connectivity index (χ2v) is 6.14.